The molecule has 1 aromatic heterocycles. The number of fused-ring (bicyclic) bond motifs is 1. The quantitative estimate of drug-likeness (QED) is 0.563. The van der Waals surface area contributed by atoms with Crippen molar-refractivity contribution in [3.05, 3.63) is 59.0 Å². The molecule has 4 rings (SSSR count). The lowest BCUT2D eigenvalue weighted by atomic mass is 9.96. The van der Waals surface area contributed by atoms with Crippen LogP contribution in [0.2, 0.25) is 0 Å². The molecule has 1 aliphatic heterocycles. The van der Waals surface area contributed by atoms with Crippen molar-refractivity contribution < 1.29 is 14.0 Å². The molecule has 2 aromatic rings. The summed E-state index contributed by atoms with van der Waals surface area (Å²) in [5, 5.41) is 9.07. The Morgan fingerprint density at radius 1 is 1.26 bits per heavy atom. The van der Waals surface area contributed by atoms with E-state index in [4.69, 9.17) is 5.73 Å². The maximum atomic E-state index is 13.1. The Balaban J connectivity index is 1.26. The Hall–Kier alpha value is -3.00. The second-order valence-corrected chi connectivity index (χ2v) is 8.50. The van der Waals surface area contributed by atoms with Crippen molar-refractivity contribution in [2.75, 3.05) is 12.3 Å². The van der Waals surface area contributed by atoms with Gasteiger partial charge >= 0.3 is 0 Å². The Morgan fingerprint density at radius 3 is 2.81 bits per heavy atom. The molecule has 2 aliphatic rings. The lowest BCUT2D eigenvalue weighted by Crippen LogP contribution is -2.50. The largest absolute Gasteiger partial charge is 0.384 e. The van der Waals surface area contributed by atoms with Crippen molar-refractivity contribution in [2.24, 2.45) is 5.92 Å². The number of carbonyl (C=O) groups is 2. The van der Waals surface area contributed by atoms with Crippen molar-refractivity contribution >= 4 is 17.6 Å². The number of nitrogens with zero attached hydrogens (tertiary/aromatic N) is 1. The fourth-order valence-electron chi connectivity index (χ4n) is 4.43. The van der Waals surface area contributed by atoms with Crippen LogP contribution in [-0.4, -0.2) is 35.4 Å². The lowest BCUT2D eigenvalue weighted by molar-refractivity contribution is -0.129. The molecule has 1 aliphatic carbocycles. The van der Waals surface area contributed by atoms with Crippen molar-refractivity contribution in [3.63, 3.8) is 0 Å². The molecule has 4 atom stereocenters. The monoisotopic (exact) mass is 425 g/mol. The number of nitrogens with two attached hydrogens (primary N) is 1. The second-order valence-electron chi connectivity index (χ2n) is 8.50. The maximum absolute atomic E-state index is 13.1. The molecule has 7 nitrogen and oxygen atoms in total. The van der Waals surface area contributed by atoms with Crippen molar-refractivity contribution in [1.82, 2.24) is 20.9 Å². The fraction of sp³-hybridized carbons (Fsp3) is 0.435. The Kier molecular flexibility index (Phi) is 6.18. The fourth-order valence-corrected chi connectivity index (χ4v) is 4.43. The normalized spacial score (nSPS) is 23.2. The number of amides is 2. The average Bonchev–Trinajstić information content (AvgIpc) is 3.36. The molecule has 31 heavy (non-hydrogen) atoms. The molecule has 5 N–H and O–H groups in total. The van der Waals surface area contributed by atoms with Crippen LogP contribution >= 0.6 is 0 Å². The van der Waals surface area contributed by atoms with E-state index in [1.807, 2.05) is 6.07 Å². The number of aromatic nitrogens is 1. The molecule has 0 unspecified atom stereocenters. The number of halogens is 1. The summed E-state index contributed by atoms with van der Waals surface area (Å²) in [4.78, 5) is 29.6. The van der Waals surface area contributed by atoms with Crippen LogP contribution in [0.4, 0.5) is 10.2 Å². The number of nitrogens with one attached hydrogen (secondary N) is 3. The number of hydrogen-bond donors (Lipinski definition) is 4. The van der Waals surface area contributed by atoms with Gasteiger partial charge in [0.15, 0.2) is 0 Å². The van der Waals surface area contributed by atoms with E-state index in [1.165, 1.54) is 12.1 Å². The Labute approximate surface area is 181 Å². The van der Waals surface area contributed by atoms with Gasteiger partial charge in [-0.1, -0.05) is 18.2 Å². The van der Waals surface area contributed by atoms with Gasteiger partial charge in [-0.2, -0.15) is 0 Å². The number of benzene rings is 1. The number of pyridine rings is 1. The average molecular weight is 426 g/mol. The van der Waals surface area contributed by atoms with E-state index in [0.29, 0.717) is 24.7 Å². The van der Waals surface area contributed by atoms with Crippen LogP contribution in [0.3, 0.4) is 0 Å². The minimum absolute atomic E-state index is 0.111. The highest BCUT2D eigenvalue weighted by molar-refractivity contribution is 5.89. The molecule has 0 saturated carbocycles. The number of hydrogen-bond acceptors (Lipinski definition) is 5. The van der Waals surface area contributed by atoms with Crippen molar-refractivity contribution in [2.45, 2.75) is 50.7 Å². The predicted molar refractivity (Wildman–Crippen MR) is 115 cm³/mol. The summed E-state index contributed by atoms with van der Waals surface area (Å²) >= 11 is 0. The predicted octanol–water partition coefficient (Wildman–Crippen LogP) is 1.63. The number of rotatable bonds is 6. The molecule has 0 spiro atoms. The smallest absolute Gasteiger partial charge is 0.242 e. The van der Waals surface area contributed by atoms with E-state index in [-0.39, 0.29) is 29.7 Å². The first-order valence-corrected chi connectivity index (χ1v) is 10.7. The van der Waals surface area contributed by atoms with Gasteiger partial charge in [-0.25, -0.2) is 9.37 Å². The zero-order chi connectivity index (χ0) is 22.0. The van der Waals surface area contributed by atoms with E-state index >= 15 is 0 Å². The third-order valence-electron chi connectivity index (χ3n) is 6.12. The zero-order valence-electron chi connectivity index (χ0n) is 17.5. The summed E-state index contributed by atoms with van der Waals surface area (Å²) in [6.45, 7) is 2.40. The van der Waals surface area contributed by atoms with Gasteiger partial charge in [-0.15, -0.1) is 0 Å². The summed E-state index contributed by atoms with van der Waals surface area (Å²) in [7, 11) is 0. The summed E-state index contributed by atoms with van der Waals surface area (Å²) in [6, 6.07) is 9.02. The summed E-state index contributed by atoms with van der Waals surface area (Å²) < 4.78 is 13.1. The topological polar surface area (TPSA) is 109 Å². The van der Waals surface area contributed by atoms with E-state index in [1.54, 1.807) is 25.1 Å². The summed E-state index contributed by atoms with van der Waals surface area (Å²) in [5.74, 6) is 0.127. The number of nitrogen functional groups attached to an aromatic ring is 1. The van der Waals surface area contributed by atoms with E-state index < -0.39 is 6.04 Å². The van der Waals surface area contributed by atoms with Crippen molar-refractivity contribution in [3.8, 4) is 0 Å². The minimum Gasteiger partial charge on any atom is -0.384 e. The molecule has 0 bridgehead atoms. The second kappa shape index (κ2) is 9.01. The van der Waals surface area contributed by atoms with Crippen LogP contribution in [0.25, 0.3) is 0 Å². The zero-order valence-corrected chi connectivity index (χ0v) is 17.5. The number of carbonyl (C=O) groups excluding carboxylic acids is 2. The first kappa shape index (κ1) is 21.2. The van der Waals surface area contributed by atoms with Crippen LogP contribution < -0.4 is 21.7 Å². The van der Waals surface area contributed by atoms with Gasteiger partial charge in [0, 0.05) is 5.69 Å². The summed E-state index contributed by atoms with van der Waals surface area (Å²) in [6.07, 6.45) is 3.01. The minimum atomic E-state index is -0.642. The molecule has 164 valence electrons. The Morgan fingerprint density at radius 2 is 2.03 bits per heavy atom. The van der Waals surface area contributed by atoms with Gasteiger partial charge in [0.05, 0.1) is 12.1 Å². The molecular formula is C23H28FN5O2. The molecule has 2 heterocycles. The first-order chi connectivity index (χ1) is 14.9. The van der Waals surface area contributed by atoms with E-state index in [9.17, 15) is 14.0 Å². The molecule has 1 saturated heterocycles. The van der Waals surface area contributed by atoms with Gasteiger partial charge in [-0.3, -0.25) is 9.59 Å². The van der Waals surface area contributed by atoms with Gasteiger partial charge in [0.1, 0.15) is 17.7 Å². The third-order valence-corrected chi connectivity index (χ3v) is 6.12. The standard InChI is InChI=1S/C23H28FN5O2/c1-13(22(30)29-19-8-7-18-17(19)6-9-21(25)28-18)27-23(31)20-11-15(12-26-20)10-14-2-4-16(24)5-3-14/h2-6,9,13,15,19-20,26H,7-8,10-12H2,1H3,(H2,25,28)(H,27,31)(H,29,30)/t13-,15-,19+,20+/m0/s1. The summed E-state index contributed by atoms with van der Waals surface area (Å²) in [5.41, 5.74) is 8.69. The van der Waals surface area contributed by atoms with Crippen LogP contribution in [0, 0.1) is 11.7 Å². The highest BCUT2D eigenvalue weighted by atomic mass is 19.1. The molecule has 0 radical (unpaired) electrons. The van der Waals surface area contributed by atoms with E-state index in [2.05, 4.69) is 20.9 Å². The lowest BCUT2D eigenvalue weighted by Gasteiger charge is -2.20. The number of aryl methyl sites for hydroxylation is 1. The highest BCUT2D eigenvalue weighted by Crippen LogP contribution is 2.30. The van der Waals surface area contributed by atoms with Gasteiger partial charge in [0.2, 0.25) is 11.8 Å². The van der Waals surface area contributed by atoms with Gasteiger partial charge in [-0.05, 0) is 74.4 Å². The molecule has 8 heteroatoms. The molecule has 2 amide bonds. The van der Waals surface area contributed by atoms with E-state index in [0.717, 1.165) is 36.1 Å². The van der Waals surface area contributed by atoms with Gasteiger partial charge in [0.25, 0.3) is 0 Å². The number of anilines is 1. The van der Waals surface area contributed by atoms with Gasteiger partial charge < -0.3 is 21.7 Å². The SMILES string of the molecule is C[C@H](NC(=O)[C@H]1C[C@H](Cc2ccc(F)cc2)CN1)C(=O)N[C@@H]1CCc2nc(N)ccc21. The maximum Gasteiger partial charge on any atom is 0.242 e. The van der Waals surface area contributed by atoms with Crippen LogP contribution in [0.5, 0.6) is 0 Å². The van der Waals surface area contributed by atoms with Crippen molar-refractivity contribution in [1.29, 1.82) is 0 Å². The molecule has 1 fully saturated rings. The molecule has 1 aromatic carbocycles. The molecular weight excluding hydrogens is 397 g/mol. The first-order valence-electron chi connectivity index (χ1n) is 10.7. The highest BCUT2D eigenvalue weighted by Gasteiger charge is 2.32. The van der Waals surface area contributed by atoms with Crippen LogP contribution in [0.15, 0.2) is 36.4 Å². The van der Waals surface area contributed by atoms with Crippen LogP contribution in [0.1, 0.15) is 42.6 Å². The Bertz CT molecular complexity index is 965. The van der Waals surface area contributed by atoms with Crippen LogP contribution in [-0.2, 0) is 22.4 Å². The third kappa shape index (κ3) is 5.02.